The number of amides is 1. The van der Waals surface area contributed by atoms with Crippen molar-refractivity contribution in [3.8, 4) is 23.0 Å². The summed E-state index contributed by atoms with van der Waals surface area (Å²) in [5.74, 6) is 1.70. The first kappa shape index (κ1) is 18.6. The van der Waals surface area contributed by atoms with E-state index in [2.05, 4.69) is 10.3 Å². The third-order valence-electron chi connectivity index (χ3n) is 4.68. The summed E-state index contributed by atoms with van der Waals surface area (Å²) >= 11 is 0. The van der Waals surface area contributed by atoms with Gasteiger partial charge in [0.25, 0.3) is 5.91 Å². The number of hydrogen-bond acceptors (Lipinski definition) is 5. The minimum atomic E-state index is -0.199. The second kappa shape index (κ2) is 7.67. The van der Waals surface area contributed by atoms with E-state index in [-0.39, 0.29) is 5.91 Å². The topological polar surface area (TPSA) is 73.6 Å². The lowest BCUT2D eigenvalue weighted by Crippen LogP contribution is -2.12. The first-order valence-electron chi connectivity index (χ1n) is 9.08. The van der Waals surface area contributed by atoms with Crippen LogP contribution in [0.25, 0.3) is 22.6 Å². The van der Waals surface area contributed by atoms with Crippen LogP contribution >= 0.6 is 0 Å². The fourth-order valence-electron chi connectivity index (χ4n) is 2.98. The van der Waals surface area contributed by atoms with Crippen molar-refractivity contribution in [3.63, 3.8) is 0 Å². The molecule has 1 heterocycles. The van der Waals surface area contributed by atoms with Gasteiger partial charge in [0.1, 0.15) is 17.0 Å². The summed E-state index contributed by atoms with van der Waals surface area (Å²) in [6.45, 7) is 1.93. The van der Waals surface area contributed by atoms with Crippen molar-refractivity contribution < 1.29 is 18.7 Å². The molecule has 0 aliphatic heterocycles. The van der Waals surface area contributed by atoms with Gasteiger partial charge < -0.3 is 19.2 Å². The molecular weight excluding hydrogens is 368 g/mol. The van der Waals surface area contributed by atoms with E-state index >= 15 is 0 Å². The van der Waals surface area contributed by atoms with Crippen LogP contribution < -0.4 is 14.8 Å². The van der Waals surface area contributed by atoms with Gasteiger partial charge in [0, 0.05) is 22.9 Å². The number of nitrogens with one attached hydrogen (secondary N) is 1. The van der Waals surface area contributed by atoms with E-state index in [1.807, 2.05) is 43.3 Å². The average molecular weight is 388 g/mol. The van der Waals surface area contributed by atoms with E-state index in [4.69, 9.17) is 13.9 Å². The summed E-state index contributed by atoms with van der Waals surface area (Å²) in [7, 11) is 3.20. The van der Waals surface area contributed by atoms with Crippen molar-refractivity contribution in [2.45, 2.75) is 6.92 Å². The van der Waals surface area contributed by atoms with Gasteiger partial charge in [-0.15, -0.1) is 0 Å². The average Bonchev–Trinajstić information content (AvgIpc) is 3.18. The van der Waals surface area contributed by atoms with Crippen LogP contribution in [-0.4, -0.2) is 25.1 Å². The number of methoxy groups -OCH3 is 2. The number of aromatic nitrogens is 1. The van der Waals surface area contributed by atoms with Gasteiger partial charge >= 0.3 is 0 Å². The fraction of sp³-hybridized carbons (Fsp3) is 0.130. The largest absolute Gasteiger partial charge is 0.497 e. The molecule has 0 unspecified atom stereocenters. The van der Waals surface area contributed by atoms with Crippen LogP contribution in [0.4, 0.5) is 5.69 Å². The van der Waals surface area contributed by atoms with E-state index in [1.165, 1.54) is 0 Å². The molecule has 1 N–H and O–H groups in total. The minimum absolute atomic E-state index is 0.199. The fourth-order valence-corrected chi connectivity index (χ4v) is 2.98. The Morgan fingerprint density at radius 2 is 1.66 bits per heavy atom. The summed E-state index contributed by atoms with van der Waals surface area (Å²) in [5.41, 5.74) is 4.34. The van der Waals surface area contributed by atoms with Gasteiger partial charge in [0.05, 0.1) is 14.2 Å². The number of rotatable bonds is 5. The molecule has 1 amide bonds. The van der Waals surface area contributed by atoms with E-state index in [1.54, 1.807) is 38.5 Å². The van der Waals surface area contributed by atoms with Gasteiger partial charge in [-0.3, -0.25) is 4.79 Å². The van der Waals surface area contributed by atoms with Crippen LogP contribution in [0.3, 0.4) is 0 Å². The Hall–Kier alpha value is -3.80. The summed E-state index contributed by atoms with van der Waals surface area (Å²) < 4.78 is 16.2. The number of hydrogen-bond donors (Lipinski definition) is 1. The van der Waals surface area contributed by atoms with Gasteiger partial charge in [-0.2, -0.15) is 0 Å². The Morgan fingerprint density at radius 3 is 2.38 bits per heavy atom. The van der Waals surface area contributed by atoms with Crippen molar-refractivity contribution in [2.75, 3.05) is 19.5 Å². The molecule has 4 aromatic rings. The second-order valence-corrected chi connectivity index (χ2v) is 6.56. The molecule has 4 rings (SSSR count). The Balaban J connectivity index is 1.62. The Morgan fingerprint density at radius 1 is 0.931 bits per heavy atom. The first-order chi connectivity index (χ1) is 14.1. The molecule has 0 fully saturated rings. The maximum absolute atomic E-state index is 12.6. The quantitative estimate of drug-likeness (QED) is 0.516. The summed E-state index contributed by atoms with van der Waals surface area (Å²) in [4.78, 5) is 17.2. The molecule has 0 aliphatic rings. The molecular formula is C23H20N2O4. The highest BCUT2D eigenvalue weighted by molar-refractivity contribution is 6.05. The van der Waals surface area contributed by atoms with Crippen LogP contribution in [-0.2, 0) is 0 Å². The molecule has 6 nitrogen and oxygen atoms in total. The zero-order valence-corrected chi connectivity index (χ0v) is 16.4. The van der Waals surface area contributed by atoms with Crippen molar-refractivity contribution in [3.05, 3.63) is 71.8 Å². The lowest BCUT2D eigenvalue weighted by atomic mass is 10.1. The van der Waals surface area contributed by atoms with Crippen LogP contribution in [0, 0.1) is 6.92 Å². The van der Waals surface area contributed by atoms with Gasteiger partial charge in [0.2, 0.25) is 5.89 Å². The molecule has 0 atom stereocenters. The molecule has 1 aromatic heterocycles. The summed E-state index contributed by atoms with van der Waals surface area (Å²) in [6, 6.07) is 18.1. The van der Waals surface area contributed by atoms with Crippen LogP contribution in [0.5, 0.6) is 11.5 Å². The van der Waals surface area contributed by atoms with Gasteiger partial charge in [-0.1, -0.05) is 6.07 Å². The molecule has 0 saturated carbocycles. The van der Waals surface area contributed by atoms with Crippen LogP contribution in [0.2, 0.25) is 0 Å². The second-order valence-electron chi connectivity index (χ2n) is 6.56. The van der Waals surface area contributed by atoms with Crippen molar-refractivity contribution in [2.24, 2.45) is 0 Å². The van der Waals surface area contributed by atoms with E-state index in [9.17, 15) is 4.79 Å². The predicted molar refractivity (Wildman–Crippen MR) is 112 cm³/mol. The number of carbonyl (C=O) groups excluding carboxylic acids is 1. The Kier molecular flexibility index (Phi) is 4.91. The monoisotopic (exact) mass is 388 g/mol. The zero-order valence-electron chi connectivity index (χ0n) is 16.4. The minimum Gasteiger partial charge on any atom is -0.497 e. The smallest absolute Gasteiger partial charge is 0.255 e. The zero-order chi connectivity index (χ0) is 20.4. The van der Waals surface area contributed by atoms with Crippen LogP contribution in [0.15, 0.2) is 65.1 Å². The predicted octanol–water partition coefficient (Wildman–Crippen LogP) is 5.07. The molecule has 146 valence electrons. The molecule has 3 aromatic carbocycles. The maximum Gasteiger partial charge on any atom is 0.255 e. The number of carbonyl (C=O) groups is 1. The Labute approximate surface area is 168 Å². The highest BCUT2D eigenvalue weighted by Gasteiger charge is 2.13. The molecule has 0 spiro atoms. The van der Waals surface area contributed by atoms with Gasteiger partial charge in [-0.05, 0) is 61.0 Å². The lowest BCUT2D eigenvalue weighted by Gasteiger charge is -2.10. The number of fused-ring (bicyclic) bond motifs is 1. The number of anilines is 1. The molecule has 6 heteroatoms. The normalized spacial score (nSPS) is 10.7. The van der Waals surface area contributed by atoms with Crippen molar-refractivity contribution in [1.29, 1.82) is 0 Å². The Bertz CT molecular complexity index is 1180. The van der Waals surface area contributed by atoms with Crippen molar-refractivity contribution >= 4 is 22.7 Å². The SMILES string of the molecule is COc1ccc(C(=O)Nc2cc(-c3nc4cc(OC)ccc4o3)ccc2C)cc1. The van der Waals surface area contributed by atoms with Crippen LogP contribution in [0.1, 0.15) is 15.9 Å². The highest BCUT2D eigenvalue weighted by Crippen LogP contribution is 2.29. The number of ether oxygens (including phenoxy) is 2. The molecule has 0 radical (unpaired) electrons. The maximum atomic E-state index is 12.6. The summed E-state index contributed by atoms with van der Waals surface area (Å²) in [5, 5.41) is 2.96. The molecule has 29 heavy (non-hydrogen) atoms. The van der Waals surface area contributed by atoms with E-state index in [0.717, 1.165) is 11.1 Å². The standard InChI is InChI=1S/C23H20N2O4/c1-14-4-5-16(23-25-20-13-18(28-3)10-11-21(20)29-23)12-19(14)24-22(26)15-6-8-17(27-2)9-7-15/h4-13H,1-3H3,(H,24,26). The third-order valence-corrected chi connectivity index (χ3v) is 4.68. The molecule has 0 aliphatic carbocycles. The number of aryl methyl sites for hydroxylation is 1. The third kappa shape index (κ3) is 3.78. The number of oxazole rings is 1. The van der Waals surface area contributed by atoms with Crippen molar-refractivity contribution in [1.82, 2.24) is 4.98 Å². The van der Waals surface area contributed by atoms with Gasteiger partial charge in [0.15, 0.2) is 5.58 Å². The van der Waals surface area contributed by atoms with E-state index in [0.29, 0.717) is 39.7 Å². The summed E-state index contributed by atoms with van der Waals surface area (Å²) in [6.07, 6.45) is 0. The van der Waals surface area contributed by atoms with Gasteiger partial charge in [-0.25, -0.2) is 4.98 Å². The molecule has 0 bridgehead atoms. The first-order valence-corrected chi connectivity index (χ1v) is 9.08. The number of benzene rings is 3. The number of nitrogens with zero attached hydrogens (tertiary/aromatic N) is 1. The highest BCUT2D eigenvalue weighted by atomic mass is 16.5. The van der Waals surface area contributed by atoms with E-state index < -0.39 is 0 Å². The lowest BCUT2D eigenvalue weighted by molar-refractivity contribution is 0.102. The molecule has 0 saturated heterocycles.